The number of piperidine rings is 1. The van der Waals surface area contributed by atoms with Crippen LogP contribution in [0.25, 0.3) is 11.3 Å². The summed E-state index contributed by atoms with van der Waals surface area (Å²) in [6.07, 6.45) is 1.75. The molecule has 0 bridgehead atoms. The normalized spacial score (nSPS) is 21.9. The van der Waals surface area contributed by atoms with Crippen molar-refractivity contribution >= 4 is 17.2 Å². The number of nitrogens with two attached hydrogens (primary N) is 1. The SMILES string of the molecule is Cc1nc(-c2cccc(C(=O)N3CC[C@@H](N)C[C@@H]3C)c2)cs1. The topological polar surface area (TPSA) is 59.2 Å². The molecule has 3 rings (SSSR count). The lowest BCUT2D eigenvalue weighted by molar-refractivity contribution is 0.0619. The van der Waals surface area contributed by atoms with E-state index < -0.39 is 0 Å². The molecule has 1 saturated heterocycles. The Hall–Kier alpha value is -1.72. The van der Waals surface area contributed by atoms with Crippen LogP contribution < -0.4 is 5.73 Å². The van der Waals surface area contributed by atoms with E-state index in [1.807, 2.05) is 41.5 Å². The lowest BCUT2D eigenvalue weighted by Gasteiger charge is -2.36. The van der Waals surface area contributed by atoms with Gasteiger partial charge in [-0.3, -0.25) is 4.79 Å². The van der Waals surface area contributed by atoms with Crippen molar-refractivity contribution in [3.8, 4) is 11.3 Å². The van der Waals surface area contributed by atoms with Gasteiger partial charge in [0.05, 0.1) is 10.7 Å². The molecule has 1 fully saturated rings. The molecule has 1 aromatic carbocycles. The standard InChI is InChI=1S/C17H21N3OS/c1-11-8-15(18)6-7-20(11)17(21)14-5-3-4-13(9-14)16-10-22-12(2)19-16/h3-5,9-11,15H,6-8,18H2,1-2H3/t11-,15+/m0/s1. The number of rotatable bonds is 2. The monoisotopic (exact) mass is 315 g/mol. The van der Waals surface area contributed by atoms with E-state index >= 15 is 0 Å². The zero-order valence-electron chi connectivity index (χ0n) is 13.0. The van der Waals surface area contributed by atoms with Crippen molar-refractivity contribution in [1.29, 1.82) is 0 Å². The second kappa shape index (κ2) is 6.18. The van der Waals surface area contributed by atoms with Crippen LogP contribution in [-0.2, 0) is 0 Å². The first-order valence-electron chi connectivity index (χ1n) is 7.63. The van der Waals surface area contributed by atoms with Gasteiger partial charge in [-0.1, -0.05) is 12.1 Å². The Balaban J connectivity index is 1.84. The minimum absolute atomic E-state index is 0.0909. The number of carbonyl (C=O) groups is 1. The van der Waals surface area contributed by atoms with Gasteiger partial charge in [0.25, 0.3) is 5.91 Å². The molecule has 22 heavy (non-hydrogen) atoms. The summed E-state index contributed by atoms with van der Waals surface area (Å²) in [5, 5.41) is 3.06. The highest BCUT2D eigenvalue weighted by Gasteiger charge is 2.27. The Morgan fingerprint density at radius 3 is 2.95 bits per heavy atom. The molecule has 0 unspecified atom stereocenters. The summed E-state index contributed by atoms with van der Waals surface area (Å²) in [7, 11) is 0. The Bertz CT molecular complexity index is 682. The minimum Gasteiger partial charge on any atom is -0.336 e. The van der Waals surface area contributed by atoms with Crippen molar-refractivity contribution in [3.63, 3.8) is 0 Å². The largest absolute Gasteiger partial charge is 0.336 e. The zero-order chi connectivity index (χ0) is 15.7. The maximum atomic E-state index is 12.8. The van der Waals surface area contributed by atoms with E-state index in [0.29, 0.717) is 0 Å². The van der Waals surface area contributed by atoms with Gasteiger partial charge in [-0.05, 0) is 38.8 Å². The van der Waals surface area contributed by atoms with Gasteiger partial charge in [-0.2, -0.15) is 0 Å². The third-order valence-electron chi connectivity index (χ3n) is 4.20. The summed E-state index contributed by atoms with van der Waals surface area (Å²) in [5.74, 6) is 0.0909. The van der Waals surface area contributed by atoms with E-state index in [1.54, 1.807) is 11.3 Å². The Morgan fingerprint density at radius 1 is 1.45 bits per heavy atom. The van der Waals surface area contributed by atoms with Crippen LogP contribution in [0.2, 0.25) is 0 Å². The van der Waals surface area contributed by atoms with Crippen molar-refractivity contribution in [1.82, 2.24) is 9.88 Å². The first-order chi connectivity index (χ1) is 10.5. The van der Waals surface area contributed by atoms with Crippen LogP contribution in [-0.4, -0.2) is 34.4 Å². The highest BCUT2D eigenvalue weighted by molar-refractivity contribution is 7.09. The lowest BCUT2D eigenvalue weighted by atomic mass is 9.97. The third-order valence-corrected chi connectivity index (χ3v) is 4.98. The van der Waals surface area contributed by atoms with E-state index in [1.165, 1.54) is 0 Å². The maximum absolute atomic E-state index is 12.8. The molecule has 0 aliphatic carbocycles. The number of benzene rings is 1. The molecular formula is C17H21N3OS. The van der Waals surface area contributed by atoms with Gasteiger partial charge in [0, 0.05) is 35.1 Å². The number of hydrogen-bond acceptors (Lipinski definition) is 4. The molecule has 4 nitrogen and oxygen atoms in total. The molecule has 2 heterocycles. The maximum Gasteiger partial charge on any atom is 0.254 e. The first-order valence-corrected chi connectivity index (χ1v) is 8.51. The van der Waals surface area contributed by atoms with Gasteiger partial charge >= 0.3 is 0 Å². The predicted octanol–water partition coefficient (Wildman–Crippen LogP) is 3.07. The van der Waals surface area contributed by atoms with Gasteiger partial charge in [0.15, 0.2) is 0 Å². The zero-order valence-corrected chi connectivity index (χ0v) is 13.8. The summed E-state index contributed by atoms with van der Waals surface area (Å²) >= 11 is 1.62. The second-order valence-corrected chi connectivity index (χ2v) is 7.03. The first kappa shape index (κ1) is 15.2. The number of aromatic nitrogens is 1. The fourth-order valence-corrected chi connectivity index (χ4v) is 3.61. The molecule has 116 valence electrons. The summed E-state index contributed by atoms with van der Waals surface area (Å²) in [5.41, 5.74) is 8.64. The van der Waals surface area contributed by atoms with E-state index in [2.05, 4.69) is 11.9 Å². The third kappa shape index (κ3) is 3.05. The molecule has 2 aromatic rings. The molecule has 0 spiro atoms. The summed E-state index contributed by atoms with van der Waals surface area (Å²) in [6, 6.07) is 8.16. The molecule has 1 aromatic heterocycles. The molecule has 1 aliphatic rings. The highest BCUT2D eigenvalue weighted by Crippen LogP contribution is 2.24. The molecule has 1 aliphatic heterocycles. The predicted molar refractivity (Wildman–Crippen MR) is 90.0 cm³/mol. The average Bonchev–Trinajstić information content (AvgIpc) is 2.93. The summed E-state index contributed by atoms with van der Waals surface area (Å²) < 4.78 is 0. The Labute approximate surface area is 135 Å². The van der Waals surface area contributed by atoms with Crippen LogP contribution in [0.4, 0.5) is 0 Å². The summed E-state index contributed by atoms with van der Waals surface area (Å²) in [4.78, 5) is 19.2. The number of aryl methyl sites for hydroxylation is 1. The quantitative estimate of drug-likeness (QED) is 0.926. The van der Waals surface area contributed by atoms with E-state index in [-0.39, 0.29) is 18.0 Å². The number of likely N-dealkylation sites (tertiary alicyclic amines) is 1. The average molecular weight is 315 g/mol. The minimum atomic E-state index is 0.0909. The summed E-state index contributed by atoms with van der Waals surface area (Å²) in [6.45, 7) is 4.80. The van der Waals surface area contributed by atoms with Gasteiger partial charge in [-0.25, -0.2) is 4.98 Å². The van der Waals surface area contributed by atoms with E-state index in [9.17, 15) is 4.79 Å². The van der Waals surface area contributed by atoms with Crippen molar-refractivity contribution < 1.29 is 4.79 Å². The van der Waals surface area contributed by atoms with Crippen molar-refractivity contribution in [2.45, 2.75) is 38.8 Å². The van der Waals surface area contributed by atoms with Crippen LogP contribution in [0.15, 0.2) is 29.6 Å². The highest BCUT2D eigenvalue weighted by atomic mass is 32.1. The molecule has 2 atom stereocenters. The Kier molecular flexibility index (Phi) is 4.27. The molecule has 5 heteroatoms. The lowest BCUT2D eigenvalue weighted by Crippen LogP contribution is -2.48. The number of nitrogens with zero attached hydrogens (tertiary/aromatic N) is 2. The van der Waals surface area contributed by atoms with E-state index in [0.717, 1.165) is 41.2 Å². The second-order valence-electron chi connectivity index (χ2n) is 5.96. The van der Waals surface area contributed by atoms with Crippen LogP contribution in [0, 0.1) is 6.92 Å². The van der Waals surface area contributed by atoms with Gasteiger partial charge in [0.1, 0.15) is 0 Å². The van der Waals surface area contributed by atoms with Gasteiger partial charge in [0.2, 0.25) is 0 Å². The smallest absolute Gasteiger partial charge is 0.254 e. The molecule has 2 N–H and O–H groups in total. The molecule has 0 saturated carbocycles. The van der Waals surface area contributed by atoms with Crippen LogP contribution in [0.3, 0.4) is 0 Å². The van der Waals surface area contributed by atoms with Gasteiger partial charge < -0.3 is 10.6 Å². The fourth-order valence-electron chi connectivity index (χ4n) is 2.98. The van der Waals surface area contributed by atoms with Crippen LogP contribution in [0.5, 0.6) is 0 Å². The molecule has 0 radical (unpaired) electrons. The number of carbonyl (C=O) groups excluding carboxylic acids is 1. The molecular weight excluding hydrogens is 294 g/mol. The van der Waals surface area contributed by atoms with Gasteiger partial charge in [-0.15, -0.1) is 11.3 Å². The van der Waals surface area contributed by atoms with Crippen molar-refractivity contribution in [3.05, 3.63) is 40.2 Å². The Morgan fingerprint density at radius 2 is 2.27 bits per heavy atom. The van der Waals surface area contributed by atoms with Crippen LogP contribution >= 0.6 is 11.3 Å². The van der Waals surface area contributed by atoms with Crippen molar-refractivity contribution in [2.24, 2.45) is 5.73 Å². The number of thiazole rings is 1. The van der Waals surface area contributed by atoms with Crippen molar-refractivity contribution in [2.75, 3.05) is 6.54 Å². The van der Waals surface area contributed by atoms with Crippen LogP contribution in [0.1, 0.15) is 35.1 Å². The number of hydrogen-bond donors (Lipinski definition) is 1. The molecule has 1 amide bonds. The number of amides is 1. The van der Waals surface area contributed by atoms with E-state index in [4.69, 9.17) is 5.73 Å². The fraction of sp³-hybridized carbons (Fsp3) is 0.412.